The summed E-state index contributed by atoms with van der Waals surface area (Å²) in [6.45, 7) is 6.75. The molecule has 0 atom stereocenters. The predicted molar refractivity (Wildman–Crippen MR) is 28.9 cm³/mol. The zero-order valence-electron chi connectivity index (χ0n) is 4.15. The molecule has 0 aliphatic heterocycles. The second kappa shape index (κ2) is 2.45. The van der Waals surface area contributed by atoms with Crippen LogP contribution in [0.25, 0.3) is 0 Å². The standard InChI is InChI=1S/C4H11Si/c1-4-5(2)3/h4-5H,1-3H3. The van der Waals surface area contributed by atoms with E-state index >= 15 is 0 Å². The summed E-state index contributed by atoms with van der Waals surface area (Å²) in [6, 6.07) is 2.31. The molecule has 31 valence electrons. The number of hydrogen-bond acceptors (Lipinski definition) is 0. The largest absolute Gasteiger partial charge is 0.0720 e. The van der Waals surface area contributed by atoms with Gasteiger partial charge in [0, 0.05) is 8.80 Å². The van der Waals surface area contributed by atoms with Crippen molar-refractivity contribution < 1.29 is 0 Å². The van der Waals surface area contributed by atoms with Gasteiger partial charge in [-0.05, 0) is 0 Å². The Morgan fingerprint density at radius 3 is 1.60 bits per heavy atom. The van der Waals surface area contributed by atoms with Gasteiger partial charge in [-0.2, -0.15) is 0 Å². The molecule has 0 N–H and O–H groups in total. The average molecular weight is 87.2 g/mol. The molecule has 0 aromatic heterocycles. The van der Waals surface area contributed by atoms with Crippen LogP contribution in [0.5, 0.6) is 0 Å². The average Bonchev–Trinajstić information content (AvgIpc) is 1.38. The Morgan fingerprint density at radius 2 is 1.60 bits per heavy atom. The second-order valence-corrected chi connectivity index (χ2v) is 4.73. The van der Waals surface area contributed by atoms with Crippen LogP contribution < -0.4 is 0 Å². The summed E-state index contributed by atoms with van der Waals surface area (Å²) in [7, 11) is -0.275. The molecular formula is C4H11Si. The molecule has 1 heteroatoms. The van der Waals surface area contributed by atoms with E-state index in [0.717, 1.165) is 0 Å². The first-order valence-corrected chi connectivity index (χ1v) is 5.04. The lowest BCUT2D eigenvalue weighted by Crippen LogP contribution is -1.95. The molecular weight excluding hydrogens is 76.1 g/mol. The summed E-state index contributed by atoms with van der Waals surface area (Å²) >= 11 is 0. The summed E-state index contributed by atoms with van der Waals surface area (Å²) in [5.74, 6) is 0. The van der Waals surface area contributed by atoms with Gasteiger partial charge in [-0.15, -0.1) is 0 Å². The zero-order chi connectivity index (χ0) is 4.28. The van der Waals surface area contributed by atoms with E-state index in [4.69, 9.17) is 0 Å². The van der Waals surface area contributed by atoms with Gasteiger partial charge in [0.2, 0.25) is 0 Å². The van der Waals surface area contributed by atoms with Crippen LogP contribution in [0.1, 0.15) is 6.92 Å². The highest BCUT2D eigenvalue weighted by Gasteiger charge is 1.83. The highest BCUT2D eigenvalue weighted by molar-refractivity contribution is 6.59. The van der Waals surface area contributed by atoms with Crippen LogP contribution in [-0.4, -0.2) is 8.80 Å². The lowest BCUT2D eigenvalue weighted by molar-refractivity contribution is 1.64. The summed E-state index contributed by atoms with van der Waals surface area (Å²) in [5.41, 5.74) is 0. The first kappa shape index (κ1) is 5.22. The van der Waals surface area contributed by atoms with Crippen molar-refractivity contribution in [3.05, 3.63) is 6.04 Å². The molecule has 0 spiro atoms. The van der Waals surface area contributed by atoms with Crippen molar-refractivity contribution in [1.82, 2.24) is 0 Å². The topological polar surface area (TPSA) is 0 Å². The third kappa shape index (κ3) is 4.22. The van der Waals surface area contributed by atoms with Crippen LogP contribution in [0.3, 0.4) is 0 Å². The third-order valence-electron chi connectivity index (χ3n) is 0.667. The first-order valence-electron chi connectivity index (χ1n) is 2.07. The van der Waals surface area contributed by atoms with Crippen LogP contribution in [-0.2, 0) is 0 Å². The van der Waals surface area contributed by atoms with Crippen molar-refractivity contribution >= 4 is 8.80 Å². The summed E-state index contributed by atoms with van der Waals surface area (Å²) < 4.78 is 0. The van der Waals surface area contributed by atoms with Crippen molar-refractivity contribution in [2.75, 3.05) is 0 Å². The van der Waals surface area contributed by atoms with Gasteiger partial charge in [-0.3, -0.25) is 0 Å². The fourth-order valence-electron chi connectivity index (χ4n) is 0. The van der Waals surface area contributed by atoms with Crippen LogP contribution in [0.15, 0.2) is 0 Å². The second-order valence-electron chi connectivity index (χ2n) is 1.58. The first-order chi connectivity index (χ1) is 2.27. The van der Waals surface area contributed by atoms with E-state index in [-0.39, 0.29) is 8.80 Å². The van der Waals surface area contributed by atoms with Crippen molar-refractivity contribution in [2.24, 2.45) is 0 Å². The minimum Gasteiger partial charge on any atom is -0.0720 e. The van der Waals surface area contributed by atoms with Gasteiger partial charge in [0.05, 0.1) is 0 Å². The predicted octanol–water partition coefficient (Wildman–Crippen LogP) is 1.24. The summed E-state index contributed by atoms with van der Waals surface area (Å²) in [5, 5.41) is 0. The molecule has 0 saturated heterocycles. The van der Waals surface area contributed by atoms with E-state index in [1.165, 1.54) is 0 Å². The number of rotatable bonds is 1. The Balaban J connectivity index is 2.54. The van der Waals surface area contributed by atoms with E-state index in [0.29, 0.717) is 0 Å². The molecule has 0 fully saturated rings. The van der Waals surface area contributed by atoms with Crippen LogP contribution in [0, 0.1) is 6.04 Å². The molecule has 0 heterocycles. The normalized spacial score (nSPS) is 9.60. The molecule has 0 aromatic carbocycles. The zero-order valence-corrected chi connectivity index (χ0v) is 5.31. The van der Waals surface area contributed by atoms with Gasteiger partial charge < -0.3 is 0 Å². The van der Waals surface area contributed by atoms with E-state index in [2.05, 4.69) is 26.1 Å². The number of hydrogen-bond donors (Lipinski definition) is 0. The van der Waals surface area contributed by atoms with Gasteiger partial charge >= 0.3 is 0 Å². The molecule has 0 aliphatic carbocycles. The van der Waals surface area contributed by atoms with Crippen molar-refractivity contribution in [3.8, 4) is 0 Å². The van der Waals surface area contributed by atoms with Gasteiger partial charge in [-0.1, -0.05) is 26.1 Å². The quantitative estimate of drug-likeness (QED) is 0.422. The van der Waals surface area contributed by atoms with Gasteiger partial charge in [0.25, 0.3) is 0 Å². The van der Waals surface area contributed by atoms with Gasteiger partial charge in [0.15, 0.2) is 0 Å². The molecule has 0 amide bonds. The molecule has 0 unspecified atom stereocenters. The Labute approximate surface area is 35.8 Å². The summed E-state index contributed by atoms with van der Waals surface area (Å²) in [6.07, 6.45) is 0. The maximum atomic E-state index is 2.31. The molecule has 5 heavy (non-hydrogen) atoms. The molecule has 0 rings (SSSR count). The fourth-order valence-corrected chi connectivity index (χ4v) is 0. The lowest BCUT2D eigenvalue weighted by Gasteiger charge is -1.87. The SMILES string of the molecule is C[CH][SiH](C)C. The monoisotopic (exact) mass is 87.1 g/mol. The fraction of sp³-hybridized carbons (Fsp3) is 0.750. The molecule has 0 nitrogen and oxygen atoms in total. The Hall–Kier alpha value is 0.217. The molecule has 1 radical (unpaired) electrons. The Morgan fingerprint density at radius 1 is 1.40 bits per heavy atom. The minimum absolute atomic E-state index is 0.275. The van der Waals surface area contributed by atoms with Crippen LogP contribution >= 0.6 is 0 Å². The lowest BCUT2D eigenvalue weighted by atomic mass is 11.0. The minimum atomic E-state index is -0.275. The van der Waals surface area contributed by atoms with Gasteiger partial charge in [-0.25, -0.2) is 0 Å². The maximum absolute atomic E-state index is 2.31. The van der Waals surface area contributed by atoms with Crippen LogP contribution in [0.2, 0.25) is 13.1 Å². The molecule has 0 aromatic rings. The van der Waals surface area contributed by atoms with Crippen molar-refractivity contribution in [1.29, 1.82) is 0 Å². The van der Waals surface area contributed by atoms with Gasteiger partial charge in [0.1, 0.15) is 0 Å². The highest BCUT2D eigenvalue weighted by atomic mass is 28.3. The third-order valence-corrected chi connectivity index (χ3v) is 2.00. The van der Waals surface area contributed by atoms with E-state index < -0.39 is 0 Å². The van der Waals surface area contributed by atoms with Crippen LogP contribution in [0.4, 0.5) is 0 Å². The highest BCUT2D eigenvalue weighted by Crippen LogP contribution is 1.79. The van der Waals surface area contributed by atoms with E-state index in [1.54, 1.807) is 0 Å². The van der Waals surface area contributed by atoms with E-state index in [1.807, 2.05) is 0 Å². The van der Waals surface area contributed by atoms with E-state index in [9.17, 15) is 0 Å². The molecule has 0 saturated carbocycles. The Kier molecular flexibility index (Phi) is 2.56. The molecule has 0 bridgehead atoms. The smallest absolute Gasteiger partial charge is 0.0333 e. The Bertz CT molecular complexity index is 17.6. The summed E-state index contributed by atoms with van der Waals surface area (Å²) in [4.78, 5) is 0. The van der Waals surface area contributed by atoms with Crippen molar-refractivity contribution in [2.45, 2.75) is 20.0 Å². The maximum Gasteiger partial charge on any atom is 0.0333 e. The molecule has 0 aliphatic rings. The van der Waals surface area contributed by atoms with Crippen molar-refractivity contribution in [3.63, 3.8) is 0 Å².